The van der Waals surface area contributed by atoms with Crippen molar-refractivity contribution in [3.8, 4) is 0 Å². The Labute approximate surface area is 179 Å². The molecular weight excluding hydrogens is 356 g/mol. The summed E-state index contributed by atoms with van der Waals surface area (Å²) in [6, 6.07) is 0. The predicted molar refractivity (Wildman–Crippen MR) is 119 cm³/mol. The van der Waals surface area contributed by atoms with Crippen LogP contribution in [-0.4, -0.2) is 23.4 Å². The topological polar surface area (TPSA) is 32.8 Å². The van der Waals surface area contributed by atoms with Crippen molar-refractivity contribution < 1.29 is 9.84 Å². The third-order valence-corrected chi connectivity index (χ3v) is 11.4. The summed E-state index contributed by atoms with van der Waals surface area (Å²) in [5, 5.41) is 9.34. The Balaban J connectivity index is 1.32. The fourth-order valence-electron chi connectivity index (χ4n) is 9.74. The van der Waals surface area contributed by atoms with Gasteiger partial charge in [-0.3, -0.25) is 0 Å². The minimum absolute atomic E-state index is 0.273. The first kappa shape index (κ1) is 20.8. The van der Waals surface area contributed by atoms with Crippen molar-refractivity contribution in [1.29, 1.82) is 0 Å². The molecule has 2 unspecified atom stereocenters. The monoisotopic (exact) mass is 402 g/mol. The van der Waals surface area contributed by atoms with Gasteiger partial charge in [0.2, 0.25) is 0 Å². The Hall–Kier alpha value is -0.0800. The van der Waals surface area contributed by atoms with E-state index in [1.54, 1.807) is 0 Å². The van der Waals surface area contributed by atoms with Crippen LogP contribution in [0.4, 0.5) is 0 Å². The summed E-state index contributed by atoms with van der Waals surface area (Å²) in [4.78, 5) is 0. The molecule has 4 saturated carbocycles. The molecule has 5 fully saturated rings. The van der Waals surface area contributed by atoms with E-state index in [0.29, 0.717) is 29.5 Å². The standard InChI is InChI=1S/C27H46O2/c1-18(17-28)8-7-9-19(2)21-11-12-22-26(21,4)15-13-23-25(3)14-6-5-10-20(25)16-24-27(22,23)29-24/h18-24,28H,5-17H2,1-4H3/t18?,19-,20?,21-,22-,23-,24+,25+,26-,27-/m1/s1. The molecule has 4 aliphatic carbocycles. The van der Waals surface area contributed by atoms with E-state index in [2.05, 4.69) is 27.7 Å². The summed E-state index contributed by atoms with van der Waals surface area (Å²) in [7, 11) is 0. The molecule has 5 rings (SSSR count). The van der Waals surface area contributed by atoms with Gasteiger partial charge in [-0.05, 0) is 97.7 Å². The Morgan fingerprint density at radius 3 is 2.52 bits per heavy atom. The van der Waals surface area contributed by atoms with Crippen LogP contribution in [0, 0.1) is 46.3 Å². The zero-order valence-electron chi connectivity index (χ0n) is 19.6. The van der Waals surface area contributed by atoms with E-state index < -0.39 is 0 Å². The van der Waals surface area contributed by atoms with Gasteiger partial charge < -0.3 is 9.84 Å². The third kappa shape index (κ3) is 2.94. The molecule has 1 spiro atoms. The van der Waals surface area contributed by atoms with Gasteiger partial charge in [0.15, 0.2) is 0 Å². The van der Waals surface area contributed by atoms with Crippen LogP contribution in [0.2, 0.25) is 0 Å². The molecule has 10 atom stereocenters. The molecule has 1 aliphatic heterocycles. The molecule has 29 heavy (non-hydrogen) atoms. The lowest BCUT2D eigenvalue weighted by atomic mass is 9.44. The highest BCUT2D eigenvalue weighted by molar-refractivity contribution is 5.26. The van der Waals surface area contributed by atoms with Crippen molar-refractivity contribution in [1.82, 2.24) is 0 Å². The largest absolute Gasteiger partial charge is 0.396 e. The third-order valence-electron chi connectivity index (χ3n) is 11.4. The van der Waals surface area contributed by atoms with Crippen LogP contribution in [0.5, 0.6) is 0 Å². The fourth-order valence-corrected chi connectivity index (χ4v) is 9.74. The molecule has 5 aliphatic rings. The Kier molecular flexibility index (Phi) is 5.18. The van der Waals surface area contributed by atoms with Gasteiger partial charge in [0.1, 0.15) is 5.60 Å². The van der Waals surface area contributed by atoms with Crippen molar-refractivity contribution in [2.45, 2.75) is 116 Å². The van der Waals surface area contributed by atoms with Crippen LogP contribution in [-0.2, 0) is 4.74 Å². The Morgan fingerprint density at radius 1 is 0.931 bits per heavy atom. The summed E-state index contributed by atoms with van der Waals surface area (Å²) in [6.45, 7) is 10.4. The highest BCUT2D eigenvalue weighted by Crippen LogP contribution is 2.76. The lowest BCUT2D eigenvalue weighted by Crippen LogP contribution is -2.58. The molecule has 0 aromatic carbocycles. The maximum atomic E-state index is 9.34. The van der Waals surface area contributed by atoms with Gasteiger partial charge in [0, 0.05) is 6.61 Å². The zero-order valence-corrected chi connectivity index (χ0v) is 19.6. The molecule has 1 heterocycles. The first-order chi connectivity index (χ1) is 13.9. The summed E-state index contributed by atoms with van der Waals surface area (Å²) in [6.07, 6.45) is 17.4. The van der Waals surface area contributed by atoms with Gasteiger partial charge >= 0.3 is 0 Å². The average molecular weight is 403 g/mol. The number of rotatable bonds is 6. The number of ether oxygens (including phenoxy) is 1. The number of epoxide rings is 1. The Bertz CT molecular complexity index is 618. The lowest BCUT2D eigenvalue weighted by Gasteiger charge is -2.59. The fraction of sp³-hybridized carbons (Fsp3) is 1.00. The summed E-state index contributed by atoms with van der Waals surface area (Å²) in [5.74, 6) is 4.78. The molecule has 0 radical (unpaired) electrons. The maximum Gasteiger partial charge on any atom is 0.101 e. The minimum atomic E-state index is 0.273. The molecule has 0 aromatic rings. The SMILES string of the molecule is CC(CO)CCC[C@@H](C)[C@H]1CC[C@@H]2[C@]1(C)CC[C@H]1[C@]23O[C@H]3CC2CCCC[C@@]21C. The number of hydrogen-bond donors (Lipinski definition) is 1. The summed E-state index contributed by atoms with van der Waals surface area (Å²) >= 11 is 0. The van der Waals surface area contributed by atoms with Gasteiger partial charge in [-0.1, -0.05) is 53.4 Å². The van der Waals surface area contributed by atoms with E-state index in [-0.39, 0.29) is 5.60 Å². The van der Waals surface area contributed by atoms with E-state index >= 15 is 0 Å². The quantitative estimate of drug-likeness (QED) is 0.508. The number of fused-ring (bicyclic) bond motifs is 3. The van der Waals surface area contributed by atoms with Gasteiger partial charge in [-0.25, -0.2) is 0 Å². The number of aliphatic hydroxyl groups is 1. The highest BCUT2D eigenvalue weighted by atomic mass is 16.6. The molecule has 0 amide bonds. The molecule has 1 saturated heterocycles. The van der Waals surface area contributed by atoms with Crippen LogP contribution < -0.4 is 0 Å². The van der Waals surface area contributed by atoms with E-state index in [0.717, 1.165) is 29.6 Å². The second-order valence-corrected chi connectivity index (χ2v) is 12.7. The van der Waals surface area contributed by atoms with Crippen molar-refractivity contribution in [3.63, 3.8) is 0 Å². The van der Waals surface area contributed by atoms with Gasteiger partial charge in [-0.2, -0.15) is 0 Å². The molecule has 2 nitrogen and oxygen atoms in total. The van der Waals surface area contributed by atoms with Crippen molar-refractivity contribution in [2.24, 2.45) is 46.3 Å². The summed E-state index contributed by atoms with van der Waals surface area (Å²) in [5.41, 5.74) is 1.34. The van der Waals surface area contributed by atoms with E-state index in [9.17, 15) is 5.11 Å². The van der Waals surface area contributed by atoms with Crippen molar-refractivity contribution >= 4 is 0 Å². The second-order valence-electron chi connectivity index (χ2n) is 12.7. The van der Waals surface area contributed by atoms with Crippen molar-refractivity contribution in [2.75, 3.05) is 6.61 Å². The van der Waals surface area contributed by atoms with Crippen LogP contribution in [0.3, 0.4) is 0 Å². The molecule has 0 aromatic heterocycles. The molecular formula is C27H46O2. The molecule has 166 valence electrons. The Morgan fingerprint density at radius 2 is 1.72 bits per heavy atom. The van der Waals surface area contributed by atoms with E-state index in [4.69, 9.17) is 4.74 Å². The van der Waals surface area contributed by atoms with E-state index in [1.165, 1.54) is 77.0 Å². The van der Waals surface area contributed by atoms with Crippen molar-refractivity contribution in [3.05, 3.63) is 0 Å². The zero-order chi connectivity index (χ0) is 20.4. The van der Waals surface area contributed by atoms with E-state index in [1.807, 2.05) is 0 Å². The molecule has 2 heteroatoms. The number of hydrogen-bond acceptors (Lipinski definition) is 2. The molecule has 0 bridgehead atoms. The summed E-state index contributed by atoms with van der Waals surface area (Å²) < 4.78 is 6.83. The van der Waals surface area contributed by atoms with Crippen LogP contribution in [0.15, 0.2) is 0 Å². The first-order valence-electron chi connectivity index (χ1n) is 13.1. The van der Waals surface area contributed by atoms with Gasteiger partial charge in [-0.15, -0.1) is 0 Å². The first-order valence-corrected chi connectivity index (χ1v) is 13.1. The maximum absolute atomic E-state index is 9.34. The minimum Gasteiger partial charge on any atom is -0.396 e. The van der Waals surface area contributed by atoms with Gasteiger partial charge in [0.25, 0.3) is 0 Å². The van der Waals surface area contributed by atoms with Crippen LogP contribution in [0.1, 0.15) is 105 Å². The van der Waals surface area contributed by atoms with Crippen LogP contribution >= 0.6 is 0 Å². The number of aliphatic hydroxyl groups excluding tert-OH is 1. The normalized spacial score (nSPS) is 52.7. The lowest BCUT2D eigenvalue weighted by molar-refractivity contribution is -0.104. The smallest absolute Gasteiger partial charge is 0.101 e. The molecule has 1 N–H and O–H groups in total. The van der Waals surface area contributed by atoms with Crippen LogP contribution in [0.25, 0.3) is 0 Å². The van der Waals surface area contributed by atoms with Gasteiger partial charge in [0.05, 0.1) is 6.10 Å². The second kappa shape index (κ2) is 7.22. The highest BCUT2D eigenvalue weighted by Gasteiger charge is 2.78. The predicted octanol–water partition coefficient (Wildman–Crippen LogP) is 6.60. The average Bonchev–Trinajstić information content (AvgIpc) is 3.28.